The van der Waals surface area contributed by atoms with Crippen LogP contribution in [0.3, 0.4) is 0 Å². The van der Waals surface area contributed by atoms with E-state index in [1.54, 1.807) is 0 Å². The van der Waals surface area contributed by atoms with Gasteiger partial charge in [-0.05, 0) is 0 Å². The number of halogens is 1. The minimum atomic E-state index is -4.80. The summed E-state index contributed by atoms with van der Waals surface area (Å²) in [4.78, 5) is 22.4. The van der Waals surface area contributed by atoms with Crippen LogP contribution in [-0.2, 0) is 21.7 Å². The van der Waals surface area contributed by atoms with Crippen molar-refractivity contribution in [2.45, 2.75) is 0 Å². The molecule has 0 aliphatic rings. The largest absolute Gasteiger partial charge is 0.703 e. The van der Waals surface area contributed by atoms with Crippen LogP contribution in [0.1, 0.15) is 0 Å². The predicted molar refractivity (Wildman–Crippen MR) is 24.5 cm³/mol. The van der Waals surface area contributed by atoms with Gasteiger partial charge in [0.25, 0.3) is 0 Å². The fourth-order valence-corrected chi connectivity index (χ4v) is 0. The maximum Gasteiger partial charge on any atom is 0.703 e. The van der Waals surface area contributed by atoms with Crippen molar-refractivity contribution in [1.82, 2.24) is 0 Å². The van der Waals surface area contributed by atoms with Gasteiger partial charge in [-0.1, -0.05) is 4.53 Å². The molecule has 0 rings (SSSR count). The molecule has 4 nitrogen and oxygen atoms in total. The molecular weight excluding hydrogens is 194 g/mol. The standard InChI is InChI=1S/Al.FH3O4Si.Fe.3H/c;1-5-6(2,3)4;;;;/h;2-4H;;;;. The summed E-state index contributed by atoms with van der Waals surface area (Å²) in [6.07, 6.45) is 0. The van der Waals surface area contributed by atoms with Gasteiger partial charge in [-0.3, -0.25) is 0 Å². The molecule has 0 saturated carbocycles. The third kappa shape index (κ3) is 15.7. The number of rotatable bonds is 1. The van der Waals surface area contributed by atoms with E-state index >= 15 is 0 Å². The molecule has 0 bridgehead atoms. The van der Waals surface area contributed by atoms with Crippen molar-refractivity contribution in [2.24, 2.45) is 0 Å². The Bertz CT molecular complexity index is 45.8. The molecule has 52 valence electrons. The minimum Gasteiger partial charge on any atom is -0.366 e. The van der Waals surface area contributed by atoms with Crippen LogP contribution in [0.5, 0.6) is 0 Å². The molecule has 0 aromatic heterocycles. The van der Waals surface area contributed by atoms with E-state index in [9.17, 15) is 4.53 Å². The second-order valence-corrected chi connectivity index (χ2v) is 1.95. The van der Waals surface area contributed by atoms with E-state index in [0.29, 0.717) is 0 Å². The van der Waals surface area contributed by atoms with Gasteiger partial charge < -0.3 is 14.4 Å². The summed E-state index contributed by atoms with van der Waals surface area (Å²) < 4.78 is 12.6. The van der Waals surface area contributed by atoms with Gasteiger partial charge in [-0.25, -0.2) is 0 Å². The summed E-state index contributed by atoms with van der Waals surface area (Å²) in [6, 6.07) is 0. The van der Waals surface area contributed by atoms with Crippen LogP contribution in [0.15, 0.2) is 0 Å². The van der Waals surface area contributed by atoms with E-state index in [4.69, 9.17) is 14.4 Å². The molecule has 0 atom stereocenters. The fraction of sp³-hybridized carbons (Fsp3) is 0. The average Bonchev–Trinajstić information content (AvgIpc) is 1.35. The third-order valence-corrected chi connectivity index (χ3v) is 0.311. The summed E-state index contributed by atoms with van der Waals surface area (Å²) in [5.41, 5.74) is 0. The molecule has 8 heavy (non-hydrogen) atoms. The zero-order chi connectivity index (χ0) is 5.21. The Morgan fingerprint density at radius 2 is 1.38 bits per heavy atom. The molecule has 0 fully saturated rings. The Morgan fingerprint density at radius 3 is 1.38 bits per heavy atom. The van der Waals surface area contributed by atoms with Gasteiger partial charge in [0.15, 0.2) is 17.4 Å². The zero-order valence-corrected chi connectivity index (χ0v) is 5.09. The molecule has 8 heteroatoms. The molecule has 0 amide bonds. The van der Waals surface area contributed by atoms with Gasteiger partial charge >= 0.3 is 9.05 Å². The van der Waals surface area contributed by atoms with E-state index in [2.05, 4.69) is 4.63 Å². The summed E-state index contributed by atoms with van der Waals surface area (Å²) in [6.45, 7) is 0. The van der Waals surface area contributed by atoms with E-state index < -0.39 is 9.05 Å². The summed E-state index contributed by atoms with van der Waals surface area (Å²) >= 11 is 0. The first-order valence-electron chi connectivity index (χ1n) is 1.03. The van der Waals surface area contributed by atoms with E-state index in [1.165, 1.54) is 0 Å². The summed E-state index contributed by atoms with van der Waals surface area (Å²) in [7, 11) is -4.80. The Morgan fingerprint density at radius 1 is 1.25 bits per heavy atom. The Kier molecular flexibility index (Phi) is 12.3. The van der Waals surface area contributed by atoms with Gasteiger partial charge in [-0.2, -0.15) is 4.63 Å². The maximum absolute atomic E-state index is 10.3. The normalized spacial score (nSPS) is 9.00. The van der Waals surface area contributed by atoms with Crippen molar-refractivity contribution in [2.75, 3.05) is 0 Å². The maximum atomic E-state index is 10.3. The molecule has 0 heterocycles. The molecule has 0 spiro atoms. The molecule has 0 aromatic rings. The van der Waals surface area contributed by atoms with Gasteiger partial charge in [0.1, 0.15) is 0 Å². The molecule has 0 saturated heterocycles. The third-order valence-electron chi connectivity index (χ3n) is 0.104. The van der Waals surface area contributed by atoms with Gasteiger partial charge in [0, 0.05) is 17.1 Å². The van der Waals surface area contributed by atoms with Crippen LogP contribution >= 0.6 is 0 Å². The van der Waals surface area contributed by atoms with Crippen molar-refractivity contribution >= 4 is 26.4 Å². The molecule has 0 radical (unpaired) electrons. The first-order chi connectivity index (χ1) is 2.56. The van der Waals surface area contributed by atoms with Crippen molar-refractivity contribution in [3.05, 3.63) is 0 Å². The molecule has 0 unspecified atom stereocenters. The predicted octanol–water partition coefficient (Wildman–Crippen LogP) is -2.89. The zero-order valence-electron chi connectivity index (χ0n) is 2.98. The topological polar surface area (TPSA) is 69.9 Å². The first-order valence-corrected chi connectivity index (χ1v) is 2.78. The second kappa shape index (κ2) is 6.16. The van der Waals surface area contributed by atoms with E-state index in [0.717, 1.165) is 0 Å². The monoisotopic (exact) mass is 200 g/mol. The van der Waals surface area contributed by atoms with Gasteiger partial charge in [-0.15, -0.1) is 0 Å². The first kappa shape index (κ1) is 16.0. The van der Waals surface area contributed by atoms with Crippen LogP contribution in [0, 0.1) is 0 Å². The second-order valence-electron chi connectivity index (χ2n) is 0.651. The van der Waals surface area contributed by atoms with Crippen LogP contribution in [0.4, 0.5) is 4.53 Å². The van der Waals surface area contributed by atoms with Crippen LogP contribution in [-0.4, -0.2) is 40.8 Å². The van der Waals surface area contributed by atoms with Gasteiger partial charge in [0.2, 0.25) is 0 Å². The molecule has 0 aromatic carbocycles. The quantitative estimate of drug-likeness (QED) is 0.397. The smallest absolute Gasteiger partial charge is 0.366 e. The van der Waals surface area contributed by atoms with Crippen LogP contribution < -0.4 is 0 Å². The van der Waals surface area contributed by atoms with Crippen LogP contribution in [0.2, 0.25) is 0 Å². The van der Waals surface area contributed by atoms with E-state index in [-0.39, 0.29) is 34.4 Å². The fourth-order valence-electron chi connectivity index (χ4n) is 0. The number of hydrogen-bond donors (Lipinski definition) is 3. The molecule has 0 aliphatic heterocycles. The van der Waals surface area contributed by atoms with Crippen molar-refractivity contribution in [3.63, 3.8) is 0 Å². The summed E-state index contributed by atoms with van der Waals surface area (Å²) in [5.74, 6) is 0. The van der Waals surface area contributed by atoms with Crippen LogP contribution in [0.25, 0.3) is 0 Å². The van der Waals surface area contributed by atoms with Gasteiger partial charge in [0.05, 0.1) is 0 Å². The molecule has 0 aliphatic carbocycles. The molecular formula is H6AlFFeO4Si. The number of hydrogen-bond acceptors (Lipinski definition) is 4. The summed E-state index contributed by atoms with van der Waals surface area (Å²) in [5, 5.41) is 0. The van der Waals surface area contributed by atoms with Crippen molar-refractivity contribution < 1.29 is 40.6 Å². The van der Waals surface area contributed by atoms with E-state index in [1.807, 2.05) is 0 Å². The average molecular weight is 200 g/mol. The van der Waals surface area contributed by atoms with Crippen molar-refractivity contribution in [3.8, 4) is 0 Å². The minimum absolute atomic E-state index is 0. The SMILES string of the molecule is O[Si](O)(O)OF.[AlH3].[Fe]. The Labute approximate surface area is 67.3 Å². The molecule has 3 N–H and O–H groups in total. The van der Waals surface area contributed by atoms with Crippen molar-refractivity contribution in [1.29, 1.82) is 0 Å². The Balaban J connectivity index is -0.000000125. The Hall–Kier alpha value is 1.04.